The molecule has 0 amide bonds. The number of nitrogens with zero attached hydrogens (tertiary/aromatic N) is 3. The summed E-state index contributed by atoms with van der Waals surface area (Å²) < 4.78 is 21.5. The second-order valence-electron chi connectivity index (χ2n) is 6.69. The van der Waals surface area contributed by atoms with Gasteiger partial charge in [-0.1, -0.05) is 24.3 Å². The van der Waals surface area contributed by atoms with E-state index in [1.54, 1.807) is 14.2 Å². The van der Waals surface area contributed by atoms with E-state index in [0.29, 0.717) is 12.5 Å². The van der Waals surface area contributed by atoms with E-state index < -0.39 is 0 Å². The quantitative estimate of drug-likeness (QED) is 0.457. The standard InChI is InChI=1S/C22H27N3O4/c1-25(14-12-17-10-11-19(26-2)20(16-17)27-3)13-7-15-28-22-23-21(29-24-22)18-8-5-4-6-9-18/h4-6,8-11,16H,7,12-15H2,1-3H3. The van der Waals surface area contributed by atoms with Crippen LogP contribution in [0.4, 0.5) is 0 Å². The molecule has 0 aliphatic heterocycles. The van der Waals surface area contributed by atoms with Gasteiger partial charge < -0.3 is 23.6 Å². The van der Waals surface area contributed by atoms with E-state index in [1.165, 1.54) is 5.56 Å². The monoisotopic (exact) mass is 397 g/mol. The Morgan fingerprint density at radius 3 is 2.52 bits per heavy atom. The van der Waals surface area contributed by atoms with E-state index in [0.717, 1.165) is 43.0 Å². The van der Waals surface area contributed by atoms with Gasteiger partial charge >= 0.3 is 6.01 Å². The second-order valence-corrected chi connectivity index (χ2v) is 6.69. The molecule has 0 fully saturated rings. The highest BCUT2D eigenvalue weighted by Crippen LogP contribution is 2.27. The van der Waals surface area contributed by atoms with Crippen LogP contribution in [0.5, 0.6) is 17.5 Å². The van der Waals surface area contributed by atoms with Gasteiger partial charge in [0.05, 0.1) is 20.8 Å². The van der Waals surface area contributed by atoms with Gasteiger partial charge in [0, 0.05) is 18.7 Å². The van der Waals surface area contributed by atoms with Crippen LogP contribution in [0, 0.1) is 0 Å². The van der Waals surface area contributed by atoms with Crippen molar-refractivity contribution in [1.29, 1.82) is 0 Å². The smallest absolute Gasteiger partial charge is 0.354 e. The van der Waals surface area contributed by atoms with Crippen LogP contribution in [-0.2, 0) is 6.42 Å². The normalized spacial score (nSPS) is 10.9. The molecule has 0 atom stereocenters. The molecular weight excluding hydrogens is 370 g/mol. The van der Waals surface area contributed by atoms with E-state index in [4.69, 9.17) is 18.7 Å². The molecule has 0 saturated heterocycles. The molecule has 7 nitrogen and oxygen atoms in total. The molecule has 154 valence electrons. The molecule has 3 rings (SSSR count). The fourth-order valence-corrected chi connectivity index (χ4v) is 2.93. The molecule has 2 aromatic carbocycles. The zero-order valence-corrected chi connectivity index (χ0v) is 17.1. The van der Waals surface area contributed by atoms with Crippen molar-refractivity contribution in [2.45, 2.75) is 12.8 Å². The maximum Gasteiger partial charge on any atom is 0.354 e. The lowest BCUT2D eigenvalue weighted by molar-refractivity contribution is 0.241. The van der Waals surface area contributed by atoms with Crippen molar-refractivity contribution in [1.82, 2.24) is 15.0 Å². The van der Waals surface area contributed by atoms with Crippen molar-refractivity contribution in [2.24, 2.45) is 0 Å². The number of ether oxygens (including phenoxy) is 3. The van der Waals surface area contributed by atoms with Crippen molar-refractivity contribution in [2.75, 3.05) is 41.0 Å². The van der Waals surface area contributed by atoms with Crippen LogP contribution in [0.1, 0.15) is 12.0 Å². The number of aromatic nitrogens is 2. The average molecular weight is 397 g/mol. The molecule has 1 heterocycles. The third-order valence-corrected chi connectivity index (χ3v) is 4.57. The molecule has 0 spiro atoms. The molecule has 0 aliphatic carbocycles. The minimum atomic E-state index is 0.275. The lowest BCUT2D eigenvalue weighted by Gasteiger charge is -2.17. The topological polar surface area (TPSA) is 69.9 Å². The minimum absolute atomic E-state index is 0.275. The molecule has 0 bridgehead atoms. The second kappa shape index (κ2) is 10.5. The largest absolute Gasteiger partial charge is 0.493 e. The van der Waals surface area contributed by atoms with Crippen LogP contribution in [0.25, 0.3) is 11.5 Å². The average Bonchev–Trinajstić information content (AvgIpc) is 3.24. The third kappa shape index (κ3) is 5.96. The Balaban J connectivity index is 1.37. The Hall–Kier alpha value is -3.06. The van der Waals surface area contributed by atoms with Crippen LogP contribution in [-0.4, -0.2) is 56.0 Å². The molecule has 0 saturated carbocycles. The third-order valence-electron chi connectivity index (χ3n) is 4.57. The number of hydrogen-bond donors (Lipinski definition) is 0. The van der Waals surface area contributed by atoms with Gasteiger partial charge in [-0.05, 0) is 54.9 Å². The van der Waals surface area contributed by atoms with Crippen LogP contribution in [0.3, 0.4) is 0 Å². The first kappa shape index (κ1) is 20.7. The van der Waals surface area contributed by atoms with E-state index >= 15 is 0 Å². The molecule has 7 heteroatoms. The summed E-state index contributed by atoms with van der Waals surface area (Å²) in [6.45, 7) is 2.39. The van der Waals surface area contributed by atoms with Crippen LogP contribution in [0.2, 0.25) is 0 Å². The van der Waals surface area contributed by atoms with Gasteiger partial charge in [-0.3, -0.25) is 0 Å². The summed E-state index contributed by atoms with van der Waals surface area (Å²) in [5, 5.41) is 3.87. The van der Waals surface area contributed by atoms with Gasteiger partial charge in [0.15, 0.2) is 11.5 Å². The van der Waals surface area contributed by atoms with Crippen molar-refractivity contribution in [3.63, 3.8) is 0 Å². The lowest BCUT2D eigenvalue weighted by atomic mass is 10.1. The van der Waals surface area contributed by atoms with Crippen LogP contribution < -0.4 is 14.2 Å². The summed E-state index contributed by atoms with van der Waals surface area (Å²) in [7, 11) is 5.40. The molecule has 29 heavy (non-hydrogen) atoms. The molecule has 1 aromatic heterocycles. The summed E-state index contributed by atoms with van der Waals surface area (Å²) in [5.41, 5.74) is 2.09. The Kier molecular flexibility index (Phi) is 7.47. The number of methoxy groups -OCH3 is 2. The predicted molar refractivity (Wildman–Crippen MR) is 111 cm³/mol. The summed E-state index contributed by atoms with van der Waals surface area (Å²) in [4.78, 5) is 6.54. The summed E-state index contributed by atoms with van der Waals surface area (Å²) in [6.07, 6.45) is 1.81. The highest BCUT2D eigenvalue weighted by molar-refractivity contribution is 5.52. The van der Waals surface area contributed by atoms with E-state index in [2.05, 4.69) is 28.2 Å². The number of rotatable bonds is 11. The van der Waals surface area contributed by atoms with Gasteiger partial charge in [-0.15, -0.1) is 0 Å². The maximum atomic E-state index is 5.60. The first-order valence-electron chi connectivity index (χ1n) is 9.61. The Bertz CT molecular complexity index is 883. The fraction of sp³-hybridized carbons (Fsp3) is 0.364. The van der Waals surface area contributed by atoms with Gasteiger partial charge in [-0.25, -0.2) is 0 Å². The summed E-state index contributed by atoms with van der Waals surface area (Å²) in [5.74, 6) is 1.97. The highest BCUT2D eigenvalue weighted by atomic mass is 16.6. The number of likely N-dealkylation sites (N-methyl/N-ethyl adjacent to an activating group) is 1. The molecule has 0 aliphatic rings. The lowest BCUT2D eigenvalue weighted by Crippen LogP contribution is -2.23. The van der Waals surface area contributed by atoms with Crippen molar-refractivity contribution in [3.05, 3.63) is 54.1 Å². The molecule has 3 aromatic rings. The predicted octanol–water partition coefficient (Wildman–Crippen LogP) is 3.70. The van der Waals surface area contributed by atoms with E-state index in [9.17, 15) is 0 Å². The zero-order valence-electron chi connectivity index (χ0n) is 17.1. The Morgan fingerprint density at radius 1 is 0.966 bits per heavy atom. The Labute approximate surface area is 171 Å². The van der Waals surface area contributed by atoms with E-state index in [1.807, 2.05) is 42.5 Å². The fourth-order valence-electron chi connectivity index (χ4n) is 2.93. The SMILES string of the molecule is COc1ccc(CCN(C)CCCOc2noc(-c3ccccc3)n2)cc1OC. The first-order chi connectivity index (χ1) is 14.2. The van der Waals surface area contributed by atoms with Crippen LogP contribution >= 0.6 is 0 Å². The van der Waals surface area contributed by atoms with Crippen molar-refractivity contribution < 1.29 is 18.7 Å². The highest BCUT2D eigenvalue weighted by Gasteiger charge is 2.09. The van der Waals surface area contributed by atoms with Crippen molar-refractivity contribution in [3.8, 4) is 29.0 Å². The number of benzene rings is 2. The zero-order chi connectivity index (χ0) is 20.5. The molecular formula is C22H27N3O4. The Morgan fingerprint density at radius 2 is 1.76 bits per heavy atom. The van der Waals surface area contributed by atoms with Gasteiger partial charge in [0.1, 0.15) is 0 Å². The van der Waals surface area contributed by atoms with Gasteiger partial charge in [0.2, 0.25) is 0 Å². The first-order valence-corrected chi connectivity index (χ1v) is 9.61. The van der Waals surface area contributed by atoms with Gasteiger partial charge in [0.25, 0.3) is 5.89 Å². The maximum absolute atomic E-state index is 5.60. The molecule has 0 radical (unpaired) electrons. The molecule has 0 N–H and O–H groups in total. The summed E-state index contributed by atoms with van der Waals surface area (Å²) >= 11 is 0. The van der Waals surface area contributed by atoms with Crippen molar-refractivity contribution >= 4 is 0 Å². The minimum Gasteiger partial charge on any atom is -0.493 e. The molecule has 0 unspecified atom stereocenters. The van der Waals surface area contributed by atoms with Gasteiger partial charge in [-0.2, -0.15) is 4.98 Å². The number of hydrogen-bond acceptors (Lipinski definition) is 7. The van der Waals surface area contributed by atoms with E-state index in [-0.39, 0.29) is 6.01 Å². The van der Waals surface area contributed by atoms with Crippen LogP contribution in [0.15, 0.2) is 53.1 Å². The summed E-state index contributed by atoms with van der Waals surface area (Å²) in [6, 6.07) is 16.0.